The van der Waals surface area contributed by atoms with Crippen LogP contribution in [0.2, 0.25) is 0 Å². The zero-order valence-electron chi connectivity index (χ0n) is 13.7. The molecule has 0 spiro atoms. The van der Waals surface area contributed by atoms with E-state index in [9.17, 15) is 9.90 Å². The molecular weight excluding hydrogens is 304 g/mol. The second kappa shape index (κ2) is 9.35. The molecule has 0 saturated heterocycles. The molecule has 2 aromatic rings. The van der Waals surface area contributed by atoms with Crippen LogP contribution in [0.15, 0.2) is 53.6 Å². The van der Waals surface area contributed by atoms with Crippen LogP contribution in [0, 0.1) is 0 Å². The topological polar surface area (TPSA) is 70.9 Å². The average Bonchev–Trinajstić information content (AvgIpc) is 2.60. The lowest BCUT2D eigenvalue weighted by Gasteiger charge is -2.06. The minimum Gasteiger partial charge on any atom is -0.508 e. The molecule has 0 aliphatic heterocycles. The molecular formula is C19H22N2O3. The number of hydrazone groups is 1. The van der Waals surface area contributed by atoms with Gasteiger partial charge in [0, 0.05) is 5.56 Å². The number of hydrogen-bond donors (Lipinski definition) is 2. The Morgan fingerprint density at radius 3 is 2.75 bits per heavy atom. The minimum atomic E-state index is -0.335. The van der Waals surface area contributed by atoms with Crippen LogP contribution >= 0.6 is 0 Å². The Morgan fingerprint density at radius 2 is 2.00 bits per heavy atom. The molecule has 0 aliphatic carbocycles. The van der Waals surface area contributed by atoms with Gasteiger partial charge in [-0.3, -0.25) is 4.79 Å². The smallest absolute Gasteiger partial charge is 0.271 e. The Balaban J connectivity index is 1.87. The number of rotatable bonds is 8. The number of benzene rings is 2. The number of nitrogens with one attached hydrogen (secondary N) is 1. The third-order valence-corrected chi connectivity index (χ3v) is 3.38. The SMILES string of the molecule is CCCCCOc1cccc(/C=N/NC(=O)c2ccc(O)cc2)c1. The lowest BCUT2D eigenvalue weighted by molar-refractivity contribution is 0.0955. The van der Waals surface area contributed by atoms with E-state index in [2.05, 4.69) is 17.5 Å². The third kappa shape index (κ3) is 5.76. The van der Waals surface area contributed by atoms with Gasteiger partial charge in [-0.15, -0.1) is 0 Å². The summed E-state index contributed by atoms with van der Waals surface area (Å²) in [6, 6.07) is 13.5. The van der Waals surface area contributed by atoms with Gasteiger partial charge in [0.1, 0.15) is 11.5 Å². The summed E-state index contributed by atoms with van der Waals surface area (Å²) in [4.78, 5) is 11.9. The quantitative estimate of drug-likeness (QED) is 0.441. The molecule has 0 fully saturated rings. The highest BCUT2D eigenvalue weighted by molar-refractivity contribution is 5.95. The normalized spacial score (nSPS) is 10.7. The van der Waals surface area contributed by atoms with E-state index in [1.807, 2.05) is 24.3 Å². The average molecular weight is 326 g/mol. The van der Waals surface area contributed by atoms with Crippen molar-refractivity contribution < 1.29 is 14.6 Å². The van der Waals surface area contributed by atoms with E-state index in [4.69, 9.17) is 4.74 Å². The summed E-state index contributed by atoms with van der Waals surface area (Å²) in [6.45, 7) is 2.86. The number of phenolic OH excluding ortho intramolecular Hbond substituents is 1. The lowest BCUT2D eigenvalue weighted by Crippen LogP contribution is -2.17. The summed E-state index contributed by atoms with van der Waals surface area (Å²) >= 11 is 0. The van der Waals surface area contributed by atoms with Crippen LogP contribution in [0.5, 0.6) is 11.5 Å². The molecule has 5 heteroatoms. The van der Waals surface area contributed by atoms with Crippen LogP contribution < -0.4 is 10.2 Å². The summed E-state index contributed by atoms with van der Waals surface area (Å²) < 4.78 is 5.68. The predicted molar refractivity (Wildman–Crippen MR) is 94.6 cm³/mol. The van der Waals surface area contributed by atoms with Crippen LogP contribution in [0.4, 0.5) is 0 Å². The summed E-state index contributed by atoms with van der Waals surface area (Å²) in [5.41, 5.74) is 3.72. The number of nitrogens with zero attached hydrogens (tertiary/aromatic N) is 1. The number of hydrogen-bond acceptors (Lipinski definition) is 4. The van der Waals surface area contributed by atoms with E-state index in [1.54, 1.807) is 6.21 Å². The molecule has 2 rings (SSSR count). The monoisotopic (exact) mass is 326 g/mol. The second-order valence-electron chi connectivity index (χ2n) is 5.37. The lowest BCUT2D eigenvalue weighted by atomic mass is 10.2. The molecule has 0 aliphatic rings. The molecule has 0 bridgehead atoms. The van der Waals surface area contributed by atoms with E-state index in [1.165, 1.54) is 24.3 Å². The number of carbonyl (C=O) groups is 1. The van der Waals surface area contributed by atoms with Gasteiger partial charge >= 0.3 is 0 Å². The standard InChI is InChI=1S/C19H22N2O3/c1-2-3-4-12-24-18-7-5-6-15(13-18)14-20-21-19(23)16-8-10-17(22)11-9-16/h5-11,13-14,22H,2-4,12H2,1H3,(H,21,23)/b20-14+. The van der Waals surface area contributed by atoms with Crippen molar-refractivity contribution >= 4 is 12.1 Å². The Morgan fingerprint density at radius 1 is 1.21 bits per heavy atom. The van der Waals surface area contributed by atoms with Crippen molar-refractivity contribution in [2.75, 3.05) is 6.61 Å². The number of ether oxygens (including phenoxy) is 1. The highest BCUT2D eigenvalue weighted by Gasteiger charge is 2.03. The van der Waals surface area contributed by atoms with Crippen LogP contribution in [0.3, 0.4) is 0 Å². The van der Waals surface area contributed by atoms with Crippen molar-refractivity contribution in [3.8, 4) is 11.5 Å². The van der Waals surface area contributed by atoms with Gasteiger partial charge < -0.3 is 9.84 Å². The molecule has 2 N–H and O–H groups in total. The Kier molecular flexibility index (Phi) is 6.83. The Bertz CT molecular complexity index is 681. The minimum absolute atomic E-state index is 0.116. The predicted octanol–water partition coefficient (Wildman–Crippen LogP) is 3.73. The van der Waals surface area contributed by atoms with Crippen molar-refractivity contribution in [2.45, 2.75) is 26.2 Å². The summed E-state index contributed by atoms with van der Waals surface area (Å²) in [5.74, 6) is 0.573. The first-order valence-electron chi connectivity index (χ1n) is 8.04. The number of aromatic hydroxyl groups is 1. The summed E-state index contributed by atoms with van der Waals surface area (Å²) in [7, 11) is 0. The maximum atomic E-state index is 11.9. The molecule has 0 radical (unpaired) electrons. The van der Waals surface area contributed by atoms with E-state index in [-0.39, 0.29) is 11.7 Å². The van der Waals surface area contributed by atoms with Crippen LogP contribution in [0.25, 0.3) is 0 Å². The van der Waals surface area contributed by atoms with Crippen LogP contribution in [-0.2, 0) is 0 Å². The van der Waals surface area contributed by atoms with Crippen molar-refractivity contribution in [2.24, 2.45) is 5.10 Å². The maximum absolute atomic E-state index is 11.9. The summed E-state index contributed by atoms with van der Waals surface area (Å²) in [5, 5.41) is 13.2. The molecule has 0 atom stereocenters. The highest BCUT2D eigenvalue weighted by Crippen LogP contribution is 2.13. The first kappa shape index (κ1) is 17.5. The van der Waals surface area contributed by atoms with Gasteiger partial charge in [-0.25, -0.2) is 5.43 Å². The van der Waals surface area contributed by atoms with Crippen LogP contribution in [-0.4, -0.2) is 23.8 Å². The molecule has 2 aromatic carbocycles. The van der Waals surface area contributed by atoms with Crippen molar-refractivity contribution in [3.63, 3.8) is 0 Å². The number of amides is 1. The van der Waals surface area contributed by atoms with Crippen LogP contribution in [0.1, 0.15) is 42.1 Å². The van der Waals surface area contributed by atoms with Crippen molar-refractivity contribution in [1.29, 1.82) is 0 Å². The molecule has 0 saturated carbocycles. The van der Waals surface area contributed by atoms with E-state index < -0.39 is 0 Å². The number of carbonyl (C=O) groups excluding carboxylic acids is 1. The largest absolute Gasteiger partial charge is 0.508 e. The van der Waals surface area contributed by atoms with Gasteiger partial charge in [0.05, 0.1) is 12.8 Å². The molecule has 1 amide bonds. The molecule has 126 valence electrons. The second-order valence-corrected chi connectivity index (χ2v) is 5.37. The molecule has 5 nitrogen and oxygen atoms in total. The van der Waals surface area contributed by atoms with Gasteiger partial charge in [-0.2, -0.15) is 5.10 Å². The zero-order valence-corrected chi connectivity index (χ0v) is 13.7. The highest BCUT2D eigenvalue weighted by atomic mass is 16.5. The van der Waals surface area contributed by atoms with E-state index in [0.717, 1.165) is 30.6 Å². The van der Waals surface area contributed by atoms with Gasteiger partial charge in [0.2, 0.25) is 0 Å². The number of phenols is 1. The van der Waals surface area contributed by atoms with E-state index >= 15 is 0 Å². The fourth-order valence-corrected chi connectivity index (χ4v) is 2.07. The van der Waals surface area contributed by atoms with Gasteiger partial charge in [0.25, 0.3) is 5.91 Å². The molecule has 0 heterocycles. The first-order valence-corrected chi connectivity index (χ1v) is 8.04. The molecule has 0 aromatic heterocycles. The Labute approximate surface area is 142 Å². The fourth-order valence-electron chi connectivity index (χ4n) is 2.07. The van der Waals surface area contributed by atoms with Gasteiger partial charge in [-0.05, 0) is 48.4 Å². The molecule has 24 heavy (non-hydrogen) atoms. The van der Waals surface area contributed by atoms with Crippen molar-refractivity contribution in [1.82, 2.24) is 5.43 Å². The van der Waals surface area contributed by atoms with E-state index in [0.29, 0.717) is 12.2 Å². The van der Waals surface area contributed by atoms with Crippen molar-refractivity contribution in [3.05, 3.63) is 59.7 Å². The first-order chi connectivity index (χ1) is 11.7. The number of unbranched alkanes of at least 4 members (excludes halogenated alkanes) is 2. The maximum Gasteiger partial charge on any atom is 0.271 e. The molecule has 0 unspecified atom stereocenters. The summed E-state index contributed by atoms with van der Waals surface area (Å²) in [6.07, 6.45) is 4.93. The zero-order chi connectivity index (χ0) is 17.2. The Hall–Kier alpha value is -2.82. The van der Waals surface area contributed by atoms with Gasteiger partial charge in [-0.1, -0.05) is 31.9 Å². The van der Waals surface area contributed by atoms with Gasteiger partial charge in [0.15, 0.2) is 0 Å². The third-order valence-electron chi connectivity index (χ3n) is 3.38. The fraction of sp³-hybridized carbons (Fsp3) is 0.263.